The van der Waals surface area contributed by atoms with Crippen LogP contribution >= 0.6 is 23.2 Å². The van der Waals surface area contributed by atoms with E-state index in [1.807, 2.05) is 13.0 Å². The van der Waals surface area contributed by atoms with E-state index >= 15 is 0 Å². The highest BCUT2D eigenvalue weighted by Crippen LogP contribution is 2.26. The van der Waals surface area contributed by atoms with Crippen molar-refractivity contribution in [3.05, 3.63) is 57.7 Å². The minimum absolute atomic E-state index is 0.250. The molecule has 2 aromatic rings. The molecule has 1 aromatic carbocycles. The number of likely N-dealkylation sites (tertiary alicyclic amines) is 1. The summed E-state index contributed by atoms with van der Waals surface area (Å²) in [7, 11) is 0. The molecule has 5 nitrogen and oxygen atoms in total. The van der Waals surface area contributed by atoms with Crippen LogP contribution in [0.4, 0.5) is 5.82 Å². The molecule has 0 unspecified atom stereocenters. The summed E-state index contributed by atoms with van der Waals surface area (Å²) in [5, 5.41) is 3.52. The molecule has 1 aliphatic rings. The van der Waals surface area contributed by atoms with Crippen LogP contribution in [-0.4, -0.2) is 34.3 Å². The number of halogens is 2. The number of carbonyl (C=O) groups excluding carboxylic acids is 2. The lowest BCUT2D eigenvalue weighted by molar-refractivity contribution is -0.119. The molecule has 1 atom stereocenters. The molecule has 2 amide bonds. The van der Waals surface area contributed by atoms with Crippen LogP contribution < -0.4 is 5.32 Å². The minimum Gasteiger partial charge on any atom is -0.327 e. The zero-order valence-corrected chi connectivity index (χ0v) is 15.1. The van der Waals surface area contributed by atoms with Gasteiger partial charge in [-0.05, 0) is 49.6 Å². The van der Waals surface area contributed by atoms with E-state index < -0.39 is 6.04 Å². The molecule has 0 bridgehead atoms. The molecule has 1 N–H and O–H groups in total. The standard InChI is InChI=1S/C18H17Cl2N3O2/c1-11-4-7-16(21-10-11)22-17(24)15-3-2-8-23(15)18(25)13-9-12(19)5-6-14(13)20/h4-7,9-10,15H,2-3,8H2,1H3,(H,21,22,24)/t15-/m1/s1. The summed E-state index contributed by atoms with van der Waals surface area (Å²) in [6.07, 6.45) is 3.03. The van der Waals surface area contributed by atoms with Crippen LogP contribution in [0.5, 0.6) is 0 Å². The molecule has 0 radical (unpaired) electrons. The van der Waals surface area contributed by atoms with Gasteiger partial charge in [0.25, 0.3) is 5.91 Å². The van der Waals surface area contributed by atoms with Crippen molar-refractivity contribution in [2.75, 3.05) is 11.9 Å². The Bertz CT molecular complexity index is 808. The SMILES string of the molecule is Cc1ccc(NC(=O)[C@H]2CCCN2C(=O)c2cc(Cl)ccc2Cl)nc1. The van der Waals surface area contributed by atoms with E-state index in [-0.39, 0.29) is 11.8 Å². The fourth-order valence-corrected chi connectivity index (χ4v) is 3.22. The van der Waals surface area contributed by atoms with Crippen LogP contribution in [0.25, 0.3) is 0 Å². The third-order valence-corrected chi connectivity index (χ3v) is 4.70. The third-order valence-electron chi connectivity index (χ3n) is 4.14. The lowest BCUT2D eigenvalue weighted by atomic mass is 10.1. The maximum atomic E-state index is 12.8. The van der Waals surface area contributed by atoms with Gasteiger partial charge >= 0.3 is 0 Å². The second-order valence-electron chi connectivity index (χ2n) is 5.99. The Kier molecular flexibility index (Phi) is 5.25. The monoisotopic (exact) mass is 377 g/mol. The smallest absolute Gasteiger partial charge is 0.256 e. The fraction of sp³-hybridized carbons (Fsp3) is 0.278. The van der Waals surface area contributed by atoms with Crippen molar-refractivity contribution in [2.45, 2.75) is 25.8 Å². The molecule has 1 fully saturated rings. The normalized spacial score (nSPS) is 16.8. The van der Waals surface area contributed by atoms with Gasteiger partial charge in [0, 0.05) is 17.8 Å². The average Bonchev–Trinajstić information content (AvgIpc) is 3.08. The van der Waals surface area contributed by atoms with Gasteiger partial charge < -0.3 is 10.2 Å². The number of amides is 2. The van der Waals surface area contributed by atoms with Crippen LogP contribution in [0.15, 0.2) is 36.5 Å². The van der Waals surface area contributed by atoms with Crippen LogP contribution in [0.1, 0.15) is 28.8 Å². The van der Waals surface area contributed by atoms with Crippen LogP contribution in [-0.2, 0) is 4.79 Å². The summed E-state index contributed by atoms with van der Waals surface area (Å²) in [5.41, 5.74) is 1.31. The van der Waals surface area contributed by atoms with Crippen molar-refractivity contribution < 1.29 is 9.59 Å². The van der Waals surface area contributed by atoms with E-state index in [9.17, 15) is 9.59 Å². The van der Waals surface area contributed by atoms with Crippen molar-refractivity contribution in [1.29, 1.82) is 0 Å². The Labute approximate surface area is 155 Å². The van der Waals surface area contributed by atoms with Crippen molar-refractivity contribution in [1.82, 2.24) is 9.88 Å². The van der Waals surface area contributed by atoms with E-state index in [1.54, 1.807) is 29.3 Å². The molecule has 0 aliphatic carbocycles. The maximum absolute atomic E-state index is 12.8. The zero-order valence-electron chi connectivity index (χ0n) is 13.6. The number of carbonyl (C=O) groups is 2. The molecule has 1 aliphatic heterocycles. The van der Waals surface area contributed by atoms with Gasteiger partial charge in [0.15, 0.2) is 0 Å². The zero-order chi connectivity index (χ0) is 18.0. The van der Waals surface area contributed by atoms with Crippen molar-refractivity contribution >= 4 is 40.8 Å². The van der Waals surface area contributed by atoms with Gasteiger partial charge in [-0.3, -0.25) is 9.59 Å². The van der Waals surface area contributed by atoms with E-state index in [2.05, 4.69) is 10.3 Å². The second kappa shape index (κ2) is 7.42. The molecule has 7 heteroatoms. The molecule has 3 rings (SSSR count). The highest BCUT2D eigenvalue weighted by Gasteiger charge is 2.35. The Morgan fingerprint density at radius 2 is 2.04 bits per heavy atom. The second-order valence-corrected chi connectivity index (χ2v) is 6.83. The average molecular weight is 378 g/mol. The Hall–Kier alpha value is -2.11. The first kappa shape index (κ1) is 17.7. The molecule has 0 saturated carbocycles. The summed E-state index contributed by atoms with van der Waals surface area (Å²) >= 11 is 12.1. The predicted molar refractivity (Wildman–Crippen MR) is 98.1 cm³/mol. The summed E-state index contributed by atoms with van der Waals surface area (Å²) in [6, 6.07) is 7.79. The van der Waals surface area contributed by atoms with Crippen molar-refractivity contribution in [3.8, 4) is 0 Å². The van der Waals surface area contributed by atoms with Crippen molar-refractivity contribution in [2.24, 2.45) is 0 Å². The Balaban J connectivity index is 1.77. The number of nitrogens with one attached hydrogen (secondary N) is 1. The van der Waals surface area contributed by atoms with E-state index in [4.69, 9.17) is 23.2 Å². The number of aromatic nitrogens is 1. The lowest BCUT2D eigenvalue weighted by Gasteiger charge is -2.24. The summed E-state index contributed by atoms with van der Waals surface area (Å²) in [5.74, 6) is -0.0712. The van der Waals surface area contributed by atoms with Gasteiger partial charge in [0.2, 0.25) is 5.91 Å². The van der Waals surface area contributed by atoms with E-state index in [0.29, 0.717) is 34.4 Å². The largest absolute Gasteiger partial charge is 0.327 e. The highest BCUT2D eigenvalue weighted by molar-refractivity contribution is 6.35. The quantitative estimate of drug-likeness (QED) is 0.880. The summed E-state index contributed by atoms with van der Waals surface area (Å²) in [4.78, 5) is 31.1. The Morgan fingerprint density at radius 3 is 2.76 bits per heavy atom. The predicted octanol–water partition coefficient (Wildman–Crippen LogP) is 3.94. The number of anilines is 1. The highest BCUT2D eigenvalue weighted by atomic mass is 35.5. The first-order valence-electron chi connectivity index (χ1n) is 7.95. The third kappa shape index (κ3) is 3.94. The van der Waals surface area contributed by atoms with E-state index in [1.165, 1.54) is 6.07 Å². The number of hydrogen-bond acceptors (Lipinski definition) is 3. The number of pyridine rings is 1. The number of benzene rings is 1. The molecule has 1 aromatic heterocycles. The summed E-state index contributed by atoms with van der Waals surface area (Å²) in [6.45, 7) is 2.42. The summed E-state index contributed by atoms with van der Waals surface area (Å²) < 4.78 is 0. The van der Waals surface area contributed by atoms with Gasteiger partial charge in [-0.1, -0.05) is 29.3 Å². The van der Waals surface area contributed by atoms with Crippen LogP contribution in [0.3, 0.4) is 0 Å². The number of rotatable bonds is 3. The molecular weight excluding hydrogens is 361 g/mol. The molecule has 0 spiro atoms. The topological polar surface area (TPSA) is 62.3 Å². The van der Waals surface area contributed by atoms with Gasteiger partial charge in [-0.2, -0.15) is 0 Å². The van der Waals surface area contributed by atoms with Crippen molar-refractivity contribution in [3.63, 3.8) is 0 Å². The van der Waals surface area contributed by atoms with Gasteiger partial charge in [-0.25, -0.2) is 4.98 Å². The number of aryl methyl sites for hydroxylation is 1. The molecular formula is C18H17Cl2N3O2. The molecule has 25 heavy (non-hydrogen) atoms. The lowest BCUT2D eigenvalue weighted by Crippen LogP contribution is -2.43. The number of hydrogen-bond donors (Lipinski definition) is 1. The van der Waals surface area contributed by atoms with Gasteiger partial charge in [0.05, 0.1) is 10.6 Å². The van der Waals surface area contributed by atoms with Gasteiger partial charge in [0.1, 0.15) is 11.9 Å². The Morgan fingerprint density at radius 1 is 1.24 bits per heavy atom. The first-order valence-corrected chi connectivity index (χ1v) is 8.71. The van der Waals surface area contributed by atoms with Gasteiger partial charge in [-0.15, -0.1) is 0 Å². The molecule has 1 saturated heterocycles. The van der Waals surface area contributed by atoms with Crippen LogP contribution in [0, 0.1) is 6.92 Å². The molecule has 130 valence electrons. The van der Waals surface area contributed by atoms with Crippen LogP contribution in [0.2, 0.25) is 10.0 Å². The van der Waals surface area contributed by atoms with E-state index in [0.717, 1.165) is 12.0 Å². The fourth-order valence-electron chi connectivity index (χ4n) is 2.85. The molecule has 2 heterocycles. The first-order chi connectivity index (χ1) is 12.0. The number of nitrogens with zero attached hydrogens (tertiary/aromatic N) is 2. The maximum Gasteiger partial charge on any atom is 0.256 e. The minimum atomic E-state index is -0.550.